The molecule has 0 saturated heterocycles. The van der Waals surface area contributed by atoms with E-state index in [1.54, 1.807) is 6.92 Å². The third kappa shape index (κ3) is 22.7. The van der Waals surface area contributed by atoms with Crippen LogP contribution in [0.25, 0.3) is 0 Å². The van der Waals surface area contributed by atoms with E-state index in [4.69, 9.17) is 0 Å². The average molecular weight is 170 g/mol. The van der Waals surface area contributed by atoms with E-state index in [0.29, 0.717) is 6.42 Å². The summed E-state index contributed by atoms with van der Waals surface area (Å²) < 4.78 is 0. The van der Waals surface area contributed by atoms with Crippen LogP contribution in [-0.2, 0) is 4.79 Å². The molecule has 0 saturated carbocycles. The summed E-state index contributed by atoms with van der Waals surface area (Å²) in [7, 11) is 0. The van der Waals surface area contributed by atoms with Gasteiger partial charge < -0.3 is 4.79 Å². The van der Waals surface area contributed by atoms with Crippen molar-refractivity contribution in [2.45, 2.75) is 53.4 Å². The topological polar surface area (TPSA) is 17.1 Å². The predicted octanol–water partition coefficient (Wildman–Crippen LogP) is 3.74. The molecule has 0 bridgehead atoms. The molecular weight excluding hydrogens is 148 g/mol. The SMILES string of the molecule is CC=CCCCC.CCC(C)=O. The molecule has 0 aromatic carbocycles. The normalized spacial score (nSPS) is 9.33. The number of allylic oxidation sites excluding steroid dienone is 2. The maximum absolute atomic E-state index is 9.81. The van der Waals surface area contributed by atoms with Crippen molar-refractivity contribution in [3.63, 3.8) is 0 Å². The van der Waals surface area contributed by atoms with Crippen LogP contribution in [0.1, 0.15) is 53.4 Å². The van der Waals surface area contributed by atoms with Crippen molar-refractivity contribution in [3.05, 3.63) is 12.2 Å². The largest absolute Gasteiger partial charge is 0.300 e. The van der Waals surface area contributed by atoms with E-state index < -0.39 is 0 Å². The van der Waals surface area contributed by atoms with Crippen molar-refractivity contribution in [2.75, 3.05) is 0 Å². The summed E-state index contributed by atoms with van der Waals surface area (Å²) in [6, 6.07) is 0. The van der Waals surface area contributed by atoms with Gasteiger partial charge >= 0.3 is 0 Å². The molecule has 0 aromatic rings. The standard InChI is InChI=1S/C7H14.C4H8O/c1-3-5-7-6-4-2;1-3-4(2)5/h3,5H,4,6-7H2,1-2H3;3H2,1-2H3. The van der Waals surface area contributed by atoms with Gasteiger partial charge in [-0.2, -0.15) is 0 Å². The van der Waals surface area contributed by atoms with Crippen LogP contribution in [0.4, 0.5) is 0 Å². The molecule has 0 radical (unpaired) electrons. The third-order valence-corrected chi connectivity index (χ3v) is 1.46. The Hall–Kier alpha value is -0.590. The van der Waals surface area contributed by atoms with Crippen LogP contribution in [0.15, 0.2) is 12.2 Å². The summed E-state index contributed by atoms with van der Waals surface area (Å²) >= 11 is 0. The van der Waals surface area contributed by atoms with Crippen molar-refractivity contribution in [3.8, 4) is 0 Å². The van der Waals surface area contributed by atoms with Gasteiger partial charge in [0.25, 0.3) is 0 Å². The zero-order valence-corrected chi connectivity index (χ0v) is 8.89. The second-order valence-electron chi connectivity index (χ2n) is 2.77. The average Bonchev–Trinajstić information content (AvgIpc) is 2.07. The number of hydrogen-bond acceptors (Lipinski definition) is 1. The highest BCUT2D eigenvalue weighted by Gasteiger charge is 1.77. The smallest absolute Gasteiger partial charge is 0.129 e. The van der Waals surface area contributed by atoms with Crippen LogP contribution in [0.5, 0.6) is 0 Å². The van der Waals surface area contributed by atoms with Gasteiger partial charge in [-0.3, -0.25) is 0 Å². The van der Waals surface area contributed by atoms with Crippen LogP contribution in [0.3, 0.4) is 0 Å². The second-order valence-corrected chi connectivity index (χ2v) is 2.77. The van der Waals surface area contributed by atoms with E-state index >= 15 is 0 Å². The minimum absolute atomic E-state index is 0.255. The van der Waals surface area contributed by atoms with Gasteiger partial charge in [-0.05, 0) is 20.3 Å². The van der Waals surface area contributed by atoms with E-state index in [0.717, 1.165) is 0 Å². The second kappa shape index (κ2) is 13.0. The van der Waals surface area contributed by atoms with Gasteiger partial charge in [-0.1, -0.05) is 38.8 Å². The number of Topliss-reactive ketones (excluding diaryl/α,β-unsaturated/α-hetero) is 1. The molecule has 0 N–H and O–H groups in total. The van der Waals surface area contributed by atoms with Crippen molar-refractivity contribution in [2.24, 2.45) is 0 Å². The Labute approximate surface area is 76.9 Å². The van der Waals surface area contributed by atoms with Gasteiger partial charge in [0.2, 0.25) is 0 Å². The molecule has 0 amide bonds. The van der Waals surface area contributed by atoms with E-state index in [-0.39, 0.29) is 5.78 Å². The van der Waals surface area contributed by atoms with Crippen LogP contribution in [0.2, 0.25) is 0 Å². The molecule has 72 valence electrons. The van der Waals surface area contributed by atoms with Gasteiger partial charge in [0, 0.05) is 6.42 Å². The Morgan fingerprint density at radius 3 is 2.08 bits per heavy atom. The summed E-state index contributed by atoms with van der Waals surface area (Å²) in [4.78, 5) is 9.81. The lowest BCUT2D eigenvalue weighted by molar-refractivity contribution is -0.116. The van der Waals surface area contributed by atoms with Crippen molar-refractivity contribution in [1.82, 2.24) is 0 Å². The Balaban J connectivity index is 0. The number of rotatable bonds is 4. The Morgan fingerprint density at radius 2 is 1.83 bits per heavy atom. The van der Waals surface area contributed by atoms with E-state index in [9.17, 15) is 4.79 Å². The number of carbonyl (C=O) groups excluding carboxylic acids is 1. The third-order valence-electron chi connectivity index (χ3n) is 1.46. The van der Waals surface area contributed by atoms with Crippen LogP contribution < -0.4 is 0 Å². The zero-order valence-electron chi connectivity index (χ0n) is 8.89. The monoisotopic (exact) mass is 170 g/mol. The molecule has 0 atom stereocenters. The first-order valence-corrected chi connectivity index (χ1v) is 4.79. The maximum Gasteiger partial charge on any atom is 0.129 e. The number of carbonyl (C=O) groups is 1. The number of hydrogen-bond donors (Lipinski definition) is 0. The van der Waals surface area contributed by atoms with Gasteiger partial charge in [0.15, 0.2) is 0 Å². The Morgan fingerprint density at radius 1 is 1.33 bits per heavy atom. The Bertz CT molecular complexity index is 114. The van der Waals surface area contributed by atoms with Crippen LogP contribution in [-0.4, -0.2) is 5.78 Å². The minimum Gasteiger partial charge on any atom is -0.300 e. The summed E-state index contributed by atoms with van der Waals surface area (Å²) in [5, 5.41) is 0. The fourth-order valence-corrected chi connectivity index (χ4v) is 0.489. The first-order chi connectivity index (χ1) is 5.68. The van der Waals surface area contributed by atoms with Gasteiger partial charge in [-0.15, -0.1) is 0 Å². The summed E-state index contributed by atoms with van der Waals surface area (Å²) in [6.07, 6.45) is 8.89. The lowest BCUT2D eigenvalue weighted by atomic mass is 10.2. The summed E-state index contributed by atoms with van der Waals surface area (Å²) in [6.45, 7) is 7.71. The molecular formula is C11H22O. The molecule has 0 aliphatic rings. The fourth-order valence-electron chi connectivity index (χ4n) is 0.489. The fraction of sp³-hybridized carbons (Fsp3) is 0.727. The van der Waals surface area contributed by atoms with E-state index in [1.165, 1.54) is 19.3 Å². The van der Waals surface area contributed by atoms with Crippen molar-refractivity contribution < 1.29 is 4.79 Å². The van der Waals surface area contributed by atoms with E-state index in [2.05, 4.69) is 26.0 Å². The minimum atomic E-state index is 0.255. The van der Waals surface area contributed by atoms with Crippen molar-refractivity contribution >= 4 is 5.78 Å². The van der Waals surface area contributed by atoms with Gasteiger partial charge in [0.1, 0.15) is 5.78 Å². The lowest BCUT2D eigenvalue weighted by Crippen LogP contribution is -1.80. The lowest BCUT2D eigenvalue weighted by Gasteiger charge is -1.83. The highest BCUT2D eigenvalue weighted by Crippen LogP contribution is 1.93. The Kier molecular flexibility index (Phi) is 15.2. The van der Waals surface area contributed by atoms with E-state index in [1.807, 2.05) is 6.92 Å². The van der Waals surface area contributed by atoms with Crippen LogP contribution >= 0.6 is 0 Å². The predicted molar refractivity (Wildman–Crippen MR) is 55.3 cm³/mol. The van der Waals surface area contributed by atoms with Crippen LogP contribution in [0, 0.1) is 0 Å². The number of unbranched alkanes of at least 4 members (excludes halogenated alkanes) is 2. The zero-order chi connectivity index (χ0) is 9.82. The molecule has 1 nitrogen and oxygen atoms in total. The highest BCUT2D eigenvalue weighted by molar-refractivity contribution is 5.74. The molecule has 0 aliphatic heterocycles. The quantitative estimate of drug-likeness (QED) is 0.464. The molecule has 0 rings (SSSR count). The van der Waals surface area contributed by atoms with Crippen molar-refractivity contribution in [1.29, 1.82) is 0 Å². The highest BCUT2D eigenvalue weighted by atomic mass is 16.1. The molecule has 0 aliphatic carbocycles. The van der Waals surface area contributed by atoms with Gasteiger partial charge in [0.05, 0.1) is 0 Å². The molecule has 12 heavy (non-hydrogen) atoms. The molecule has 0 heterocycles. The molecule has 0 aromatic heterocycles. The first kappa shape index (κ1) is 14.0. The molecule has 1 heteroatoms. The van der Waals surface area contributed by atoms with Gasteiger partial charge in [-0.25, -0.2) is 0 Å². The molecule has 0 fully saturated rings. The maximum atomic E-state index is 9.81. The summed E-state index contributed by atoms with van der Waals surface area (Å²) in [5.41, 5.74) is 0. The number of ketones is 1. The molecule has 0 unspecified atom stereocenters. The first-order valence-electron chi connectivity index (χ1n) is 4.79. The summed E-state index contributed by atoms with van der Waals surface area (Å²) in [5.74, 6) is 0.255. The molecule has 0 spiro atoms.